The fourth-order valence-electron chi connectivity index (χ4n) is 2.67. The second-order valence-corrected chi connectivity index (χ2v) is 7.10. The molecule has 3 N–H and O–H groups in total. The molecule has 3 amide bonds. The summed E-state index contributed by atoms with van der Waals surface area (Å²) in [4.78, 5) is 35.8. The topological polar surface area (TPSA) is 115 Å². The van der Waals surface area contributed by atoms with E-state index in [9.17, 15) is 14.4 Å². The molecule has 0 aromatic heterocycles. The van der Waals surface area contributed by atoms with Crippen LogP contribution in [-0.2, 0) is 9.59 Å². The Morgan fingerprint density at radius 1 is 0.906 bits per heavy atom. The molecular weight excluding hydrogens is 414 g/mol. The Morgan fingerprint density at radius 3 is 2.22 bits per heavy atom. The minimum atomic E-state index is -0.344. The molecule has 0 bridgehead atoms. The van der Waals surface area contributed by atoms with Crippen LogP contribution in [0.15, 0.2) is 42.5 Å². The van der Waals surface area contributed by atoms with Crippen LogP contribution >= 0.6 is 0 Å². The van der Waals surface area contributed by atoms with E-state index in [2.05, 4.69) is 16.0 Å². The molecule has 2 rings (SSSR count). The molecule has 0 spiro atoms. The van der Waals surface area contributed by atoms with Crippen LogP contribution in [0.2, 0.25) is 0 Å². The van der Waals surface area contributed by atoms with Crippen LogP contribution in [0.4, 0.5) is 5.69 Å². The first kappa shape index (κ1) is 24.5. The summed E-state index contributed by atoms with van der Waals surface area (Å²) in [7, 11) is 1.46. The third-order valence-corrected chi connectivity index (χ3v) is 4.09. The van der Waals surface area contributed by atoms with Crippen LogP contribution < -0.4 is 30.2 Å². The Balaban J connectivity index is 1.96. The highest BCUT2D eigenvalue weighted by Gasteiger charge is 2.13. The SMILES string of the molecule is CCNC(=O)COc1ccc(NC(=O)c2ccc(OCC(=O)NC(C)C)c(OC)c2)cc1. The number of ether oxygens (including phenoxy) is 3. The van der Waals surface area contributed by atoms with Crippen LogP contribution in [0.5, 0.6) is 17.2 Å². The minimum Gasteiger partial charge on any atom is -0.493 e. The first-order valence-corrected chi connectivity index (χ1v) is 10.2. The van der Waals surface area contributed by atoms with E-state index in [4.69, 9.17) is 14.2 Å². The number of benzene rings is 2. The van der Waals surface area contributed by atoms with E-state index in [0.717, 1.165) is 0 Å². The van der Waals surface area contributed by atoms with E-state index in [1.165, 1.54) is 13.2 Å². The smallest absolute Gasteiger partial charge is 0.258 e. The average molecular weight is 444 g/mol. The lowest BCUT2D eigenvalue weighted by Crippen LogP contribution is -2.34. The number of methoxy groups -OCH3 is 1. The van der Waals surface area contributed by atoms with Gasteiger partial charge in [-0.25, -0.2) is 0 Å². The summed E-state index contributed by atoms with van der Waals surface area (Å²) in [6, 6.07) is 11.4. The number of rotatable bonds is 11. The molecule has 2 aromatic carbocycles. The molecule has 0 aliphatic carbocycles. The Hall–Kier alpha value is -3.75. The van der Waals surface area contributed by atoms with E-state index in [-0.39, 0.29) is 37.0 Å². The highest BCUT2D eigenvalue weighted by atomic mass is 16.5. The van der Waals surface area contributed by atoms with Crippen molar-refractivity contribution >= 4 is 23.4 Å². The standard InChI is InChI=1S/C23H29N3O6/c1-5-24-21(27)13-31-18-9-7-17(8-10-18)26-23(29)16-6-11-19(20(12-16)30-4)32-14-22(28)25-15(2)3/h6-12,15H,5,13-14H2,1-4H3,(H,24,27)(H,25,28)(H,26,29). The summed E-state index contributed by atoms with van der Waals surface area (Å²) < 4.78 is 16.2. The van der Waals surface area contributed by atoms with Crippen molar-refractivity contribution in [3.05, 3.63) is 48.0 Å². The van der Waals surface area contributed by atoms with Crippen LogP contribution in [0.1, 0.15) is 31.1 Å². The van der Waals surface area contributed by atoms with Gasteiger partial charge < -0.3 is 30.2 Å². The van der Waals surface area contributed by atoms with Gasteiger partial charge in [0.15, 0.2) is 24.7 Å². The van der Waals surface area contributed by atoms with Crippen molar-refractivity contribution in [2.45, 2.75) is 26.8 Å². The van der Waals surface area contributed by atoms with Gasteiger partial charge in [0.25, 0.3) is 17.7 Å². The van der Waals surface area contributed by atoms with Gasteiger partial charge in [0.2, 0.25) is 0 Å². The summed E-state index contributed by atoms with van der Waals surface area (Å²) >= 11 is 0. The van der Waals surface area contributed by atoms with Crippen molar-refractivity contribution < 1.29 is 28.6 Å². The minimum absolute atomic E-state index is 0.0141. The second-order valence-electron chi connectivity index (χ2n) is 7.10. The molecule has 0 saturated carbocycles. The van der Waals surface area contributed by atoms with Gasteiger partial charge in [-0.2, -0.15) is 0 Å². The van der Waals surface area contributed by atoms with Crippen molar-refractivity contribution in [3.63, 3.8) is 0 Å². The highest BCUT2D eigenvalue weighted by Crippen LogP contribution is 2.28. The molecule has 0 unspecified atom stereocenters. The highest BCUT2D eigenvalue weighted by molar-refractivity contribution is 6.04. The van der Waals surface area contributed by atoms with Crippen LogP contribution in [0.3, 0.4) is 0 Å². The van der Waals surface area contributed by atoms with Gasteiger partial charge in [-0.1, -0.05) is 0 Å². The molecule has 0 heterocycles. The molecule has 0 atom stereocenters. The summed E-state index contributed by atoms with van der Waals surface area (Å²) in [5, 5.41) is 8.16. The van der Waals surface area contributed by atoms with Crippen molar-refractivity contribution in [2.24, 2.45) is 0 Å². The van der Waals surface area contributed by atoms with Crippen molar-refractivity contribution in [2.75, 3.05) is 32.2 Å². The van der Waals surface area contributed by atoms with Gasteiger partial charge in [-0.3, -0.25) is 14.4 Å². The molecule has 0 fully saturated rings. The quantitative estimate of drug-likeness (QED) is 0.491. The molecule has 0 aliphatic rings. The number of likely N-dealkylation sites (N-methyl/N-ethyl adjacent to an activating group) is 1. The summed E-state index contributed by atoms with van der Waals surface area (Å²) in [6.07, 6.45) is 0. The molecule has 0 aliphatic heterocycles. The van der Waals surface area contributed by atoms with E-state index < -0.39 is 0 Å². The second kappa shape index (κ2) is 12.2. The molecule has 0 radical (unpaired) electrons. The predicted octanol–water partition coefficient (Wildman–Crippen LogP) is 2.37. The molecule has 9 heteroatoms. The predicted molar refractivity (Wildman–Crippen MR) is 120 cm³/mol. The van der Waals surface area contributed by atoms with Gasteiger partial charge in [0, 0.05) is 23.8 Å². The Morgan fingerprint density at radius 2 is 1.59 bits per heavy atom. The lowest BCUT2D eigenvalue weighted by atomic mass is 10.2. The molecule has 2 aromatic rings. The number of anilines is 1. The zero-order chi connectivity index (χ0) is 23.5. The maximum absolute atomic E-state index is 12.6. The van der Waals surface area contributed by atoms with Gasteiger partial charge in [0.1, 0.15) is 5.75 Å². The van der Waals surface area contributed by atoms with Crippen LogP contribution in [0.25, 0.3) is 0 Å². The molecule has 172 valence electrons. The normalized spacial score (nSPS) is 10.3. The van der Waals surface area contributed by atoms with Crippen molar-refractivity contribution in [1.29, 1.82) is 0 Å². The number of carbonyl (C=O) groups excluding carboxylic acids is 3. The van der Waals surface area contributed by atoms with Crippen LogP contribution in [0, 0.1) is 0 Å². The van der Waals surface area contributed by atoms with Crippen LogP contribution in [-0.4, -0.2) is 50.6 Å². The fourth-order valence-corrected chi connectivity index (χ4v) is 2.67. The number of hydrogen-bond donors (Lipinski definition) is 3. The van der Waals surface area contributed by atoms with Crippen molar-refractivity contribution in [3.8, 4) is 17.2 Å². The summed E-state index contributed by atoms with van der Waals surface area (Å²) in [6.45, 7) is 5.86. The van der Waals surface area contributed by atoms with Gasteiger partial charge in [0.05, 0.1) is 7.11 Å². The zero-order valence-electron chi connectivity index (χ0n) is 18.7. The van der Waals surface area contributed by atoms with Gasteiger partial charge in [-0.15, -0.1) is 0 Å². The Bertz CT molecular complexity index is 928. The average Bonchev–Trinajstić information content (AvgIpc) is 2.76. The largest absolute Gasteiger partial charge is 0.493 e. The summed E-state index contributed by atoms with van der Waals surface area (Å²) in [5.74, 6) is 0.414. The number of carbonyl (C=O) groups is 3. The lowest BCUT2D eigenvalue weighted by molar-refractivity contribution is -0.124. The number of amides is 3. The lowest BCUT2D eigenvalue weighted by Gasteiger charge is -2.13. The van der Waals surface area contributed by atoms with E-state index >= 15 is 0 Å². The zero-order valence-corrected chi connectivity index (χ0v) is 18.7. The molecule has 0 saturated heterocycles. The molecule has 9 nitrogen and oxygen atoms in total. The summed E-state index contributed by atoms with van der Waals surface area (Å²) in [5.41, 5.74) is 0.919. The maximum atomic E-state index is 12.6. The number of hydrogen-bond acceptors (Lipinski definition) is 6. The third kappa shape index (κ3) is 7.82. The maximum Gasteiger partial charge on any atom is 0.258 e. The monoisotopic (exact) mass is 443 g/mol. The Labute approximate surface area is 187 Å². The first-order chi connectivity index (χ1) is 15.3. The fraction of sp³-hybridized carbons (Fsp3) is 0.348. The Kier molecular flexibility index (Phi) is 9.34. The first-order valence-electron chi connectivity index (χ1n) is 10.2. The van der Waals surface area contributed by atoms with Gasteiger partial charge in [-0.05, 0) is 63.2 Å². The molecule has 32 heavy (non-hydrogen) atoms. The molecular formula is C23H29N3O6. The number of nitrogens with one attached hydrogen (secondary N) is 3. The van der Waals surface area contributed by atoms with E-state index in [0.29, 0.717) is 35.0 Å². The van der Waals surface area contributed by atoms with E-state index in [1.807, 2.05) is 20.8 Å². The van der Waals surface area contributed by atoms with Crippen molar-refractivity contribution in [1.82, 2.24) is 10.6 Å². The van der Waals surface area contributed by atoms with Gasteiger partial charge >= 0.3 is 0 Å². The third-order valence-electron chi connectivity index (χ3n) is 4.09. The van der Waals surface area contributed by atoms with E-state index in [1.54, 1.807) is 36.4 Å².